The zero-order valence-corrected chi connectivity index (χ0v) is 11.8. The molecule has 0 aliphatic carbocycles. The Kier molecular flexibility index (Phi) is 4.04. The summed E-state index contributed by atoms with van der Waals surface area (Å²) in [5, 5.41) is 9.40. The number of pyridine rings is 1. The van der Waals surface area contributed by atoms with E-state index in [9.17, 15) is 9.18 Å². The molecule has 0 saturated carbocycles. The van der Waals surface area contributed by atoms with Gasteiger partial charge in [-0.3, -0.25) is 4.98 Å². The molecule has 1 heterocycles. The summed E-state index contributed by atoms with van der Waals surface area (Å²) >= 11 is 6.00. The van der Waals surface area contributed by atoms with E-state index >= 15 is 0 Å². The molecule has 0 aliphatic rings. The van der Waals surface area contributed by atoms with Gasteiger partial charge >= 0.3 is 5.97 Å². The van der Waals surface area contributed by atoms with Gasteiger partial charge in [0.25, 0.3) is 0 Å². The SMILES string of the molecule is CC(C)c1nc(-c2ccc(F)cc2Cl)ccc1C(=O)O. The van der Waals surface area contributed by atoms with E-state index in [0.717, 1.165) is 0 Å². The molecule has 0 radical (unpaired) electrons. The van der Waals surface area contributed by atoms with Crippen molar-refractivity contribution in [3.05, 3.63) is 52.4 Å². The van der Waals surface area contributed by atoms with Crippen molar-refractivity contribution in [1.29, 1.82) is 0 Å². The summed E-state index contributed by atoms with van der Waals surface area (Å²) in [5.74, 6) is -1.48. The van der Waals surface area contributed by atoms with Crippen LogP contribution >= 0.6 is 11.6 Å². The Morgan fingerprint density at radius 3 is 2.55 bits per heavy atom. The number of aromatic carboxylic acids is 1. The van der Waals surface area contributed by atoms with E-state index < -0.39 is 11.8 Å². The van der Waals surface area contributed by atoms with Gasteiger partial charge in [-0.2, -0.15) is 0 Å². The van der Waals surface area contributed by atoms with Crippen LogP contribution in [0.25, 0.3) is 11.3 Å². The Hall–Kier alpha value is -1.94. The smallest absolute Gasteiger partial charge is 0.337 e. The summed E-state index contributed by atoms with van der Waals surface area (Å²) < 4.78 is 13.1. The Morgan fingerprint density at radius 2 is 2.00 bits per heavy atom. The first-order valence-electron chi connectivity index (χ1n) is 6.10. The van der Waals surface area contributed by atoms with Crippen molar-refractivity contribution in [3.8, 4) is 11.3 Å². The molecule has 5 heteroatoms. The molecule has 0 amide bonds. The highest BCUT2D eigenvalue weighted by atomic mass is 35.5. The third-order valence-corrected chi connectivity index (χ3v) is 3.22. The van der Waals surface area contributed by atoms with Crippen LogP contribution in [0.3, 0.4) is 0 Å². The van der Waals surface area contributed by atoms with E-state index in [2.05, 4.69) is 4.98 Å². The van der Waals surface area contributed by atoms with E-state index in [1.54, 1.807) is 6.07 Å². The number of aromatic nitrogens is 1. The minimum absolute atomic E-state index is 0.0414. The molecule has 0 unspecified atom stereocenters. The molecule has 2 rings (SSSR count). The fourth-order valence-electron chi connectivity index (χ4n) is 1.94. The van der Waals surface area contributed by atoms with Gasteiger partial charge in [-0.05, 0) is 36.2 Å². The first-order chi connectivity index (χ1) is 9.40. The molecule has 2 aromatic rings. The molecule has 0 aliphatic heterocycles. The summed E-state index contributed by atoms with van der Waals surface area (Å²) in [7, 11) is 0. The highest BCUT2D eigenvalue weighted by Crippen LogP contribution is 2.29. The van der Waals surface area contributed by atoms with Gasteiger partial charge in [-0.25, -0.2) is 9.18 Å². The first kappa shape index (κ1) is 14.5. The number of hydrogen-bond acceptors (Lipinski definition) is 2. The minimum Gasteiger partial charge on any atom is -0.478 e. The van der Waals surface area contributed by atoms with Gasteiger partial charge in [0.05, 0.1) is 22.0 Å². The zero-order chi connectivity index (χ0) is 14.9. The average molecular weight is 294 g/mol. The largest absolute Gasteiger partial charge is 0.478 e. The van der Waals surface area contributed by atoms with Crippen molar-refractivity contribution in [2.45, 2.75) is 19.8 Å². The van der Waals surface area contributed by atoms with Crippen molar-refractivity contribution in [1.82, 2.24) is 4.98 Å². The highest BCUT2D eigenvalue weighted by molar-refractivity contribution is 6.33. The Bertz CT molecular complexity index is 671. The molecule has 0 spiro atoms. The Labute approximate surface area is 121 Å². The first-order valence-corrected chi connectivity index (χ1v) is 6.47. The summed E-state index contributed by atoms with van der Waals surface area (Å²) in [6.45, 7) is 3.73. The lowest BCUT2D eigenvalue weighted by Gasteiger charge is -2.12. The molecule has 1 N–H and O–H groups in total. The van der Waals surface area contributed by atoms with E-state index in [1.807, 2.05) is 13.8 Å². The second-order valence-electron chi connectivity index (χ2n) is 4.71. The van der Waals surface area contributed by atoms with Crippen LogP contribution in [0.4, 0.5) is 4.39 Å². The standard InChI is InChI=1S/C15H13ClFNO2/c1-8(2)14-11(15(19)20)5-6-13(18-14)10-4-3-9(17)7-12(10)16/h3-8H,1-2H3,(H,19,20). The van der Waals surface area contributed by atoms with Crippen LogP contribution in [0.15, 0.2) is 30.3 Å². The van der Waals surface area contributed by atoms with Crippen LogP contribution < -0.4 is 0 Å². The molecule has 0 bridgehead atoms. The van der Waals surface area contributed by atoms with Crippen LogP contribution in [0.1, 0.15) is 35.8 Å². The third-order valence-electron chi connectivity index (χ3n) is 2.91. The lowest BCUT2D eigenvalue weighted by atomic mass is 10.0. The molecule has 0 atom stereocenters. The molecule has 3 nitrogen and oxygen atoms in total. The van der Waals surface area contributed by atoms with Crippen molar-refractivity contribution < 1.29 is 14.3 Å². The molecular formula is C15H13ClFNO2. The number of carboxylic acids is 1. The normalized spacial score (nSPS) is 10.8. The number of carbonyl (C=O) groups is 1. The lowest BCUT2D eigenvalue weighted by molar-refractivity contribution is 0.0694. The molecule has 1 aromatic heterocycles. The van der Waals surface area contributed by atoms with Crippen molar-refractivity contribution in [2.75, 3.05) is 0 Å². The molecular weight excluding hydrogens is 281 g/mol. The van der Waals surface area contributed by atoms with E-state index in [4.69, 9.17) is 16.7 Å². The maximum atomic E-state index is 13.1. The summed E-state index contributed by atoms with van der Waals surface area (Å²) in [5.41, 5.74) is 1.76. The number of hydrogen-bond donors (Lipinski definition) is 1. The quantitative estimate of drug-likeness (QED) is 0.914. The number of nitrogens with zero attached hydrogens (tertiary/aromatic N) is 1. The van der Waals surface area contributed by atoms with Crippen LogP contribution in [-0.2, 0) is 0 Å². The van der Waals surface area contributed by atoms with Gasteiger partial charge in [-0.1, -0.05) is 25.4 Å². The second-order valence-corrected chi connectivity index (χ2v) is 5.12. The molecule has 104 valence electrons. The van der Waals surface area contributed by atoms with Gasteiger partial charge in [0.2, 0.25) is 0 Å². The van der Waals surface area contributed by atoms with Crippen molar-refractivity contribution in [3.63, 3.8) is 0 Å². The molecule has 1 aromatic carbocycles. The number of halogens is 2. The second kappa shape index (κ2) is 5.59. The van der Waals surface area contributed by atoms with Crippen LogP contribution in [0.2, 0.25) is 5.02 Å². The number of benzene rings is 1. The minimum atomic E-state index is -1.02. The summed E-state index contributed by atoms with van der Waals surface area (Å²) in [6, 6.07) is 7.11. The van der Waals surface area contributed by atoms with Crippen LogP contribution in [0.5, 0.6) is 0 Å². The lowest BCUT2D eigenvalue weighted by Crippen LogP contribution is -2.07. The fraction of sp³-hybridized carbons (Fsp3) is 0.200. The Morgan fingerprint density at radius 1 is 1.30 bits per heavy atom. The van der Waals surface area contributed by atoms with Gasteiger partial charge < -0.3 is 5.11 Å². The van der Waals surface area contributed by atoms with Gasteiger partial charge in [0, 0.05) is 5.56 Å². The number of carboxylic acid groups (broad SMARTS) is 1. The van der Waals surface area contributed by atoms with E-state index in [0.29, 0.717) is 17.0 Å². The predicted octanol–water partition coefficient (Wildman–Crippen LogP) is 4.36. The van der Waals surface area contributed by atoms with Crippen LogP contribution in [0, 0.1) is 5.82 Å². The van der Waals surface area contributed by atoms with E-state index in [-0.39, 0.29) is 16.5 Å². The third kappa shape index (κ3) is 2.80. The predicted molar refractivity (Wildman–Crippen MR) is 75.7 cm³/mol. The van der Waals surface area contributed by atoms with Crippen LogP contribution in [-0.4, -0.2) is 16.1 Å². The molecule has 20 heavy (non-hydrogen) atoms. The summed E-state index contributed by atoms with van der Waals surface area (Å²) in [4.78, 5) is 15.5. The van der Waals surface area contributed by atoms with Crippen molar-refractivity contribution >= 4 is 17.6 Å². The zero-order valence-electron chi connectivity index (χ0n) is 11.0. The summed E-state index contributed by atoms with van der Waals surface area (Å²) in [6.07, 6.45) is 0. The maximum Gasteiger partial charge on any atom is 0.337 e. The molecule has 0 fully saturated rings. The topological polar surface area (TPSA) is 50.2 Å². The van der Waals surface area contributed by atoms with Crippen molar-refractivity contribution in [2.24, 2.45) is 0 Å². The Balaban J connectivity index is 2.59. The highest BCUT2D eigenvalue weighted by Gasteiger charge is 2.16. The maximum absolute atomic E-state index is 13.1. The molecule has 0 saturated heterocycles. The fourth-order valence-corrected chi connectivity index (χ4v) is 2.21. The number of rotatable bonds is 3. The van der Waals surface area contributed by atoms with Gasteiger partial charge in [0.15, 0.2) is 0 Å². The van der Waals surface area contributed by atoms with E-state index in [1.165, 1.54) is 24.3 Å². The monoisotopic (exact) mass is 293 g/mol. The average Bonchev–Trinajstić information content (AvgIpc) is 2.37. The van der Waals surface area contributed by atoms with Gasteiger partial charge in [0.1, 0.15) is 5.82 Å². The van der Waals surface area contributed by atoms with Gasteiger partial charge in [-0.15, -0.1) is 0 Å².